The summed E-state index contributed by atoms with van der Waals surface area (Å²) >= 11 is 0. The van der Waals surface area contributed by atoms with Gasteiger partial charge in [0.1, 0.15) is 0 Å². The summed E-state index contributed by atoms with van der Waals surface area (Å²) in [5, 5.41) is 11.8. The second-order valence-corrected chi connectivity index (χ2v) is 5.71. The maximum absolute atomic E-state index is 10.8. The first-order chi connectivity index (χ1) is 10.1. The molecule has 0 bridgehead atoms. The monoisotopic (exact) mass is 288 g/mol. The van der Waals surface area contributed by atoms with Crippen LogP contribution in [0.3, 0.4) is 0 Å². The lowest BCUT2D eigenvalue weighted by Gasteiger charge is -2.08. The molecule has 2 rings (SSSR count). The number of nitro groups is 1. The minimum Gasteiger partial charge on any atom is -0.345 e. The van der Waals surface area contributed by atoms with Crippen LogP contribution in [0.15, 0.2) is 24.3 Å². The number of nitrogens with zero attached hydrogens (tertiary/aromatic N) is 2. The van der Waals surface area contributed by atoms with Crippen LogP contribution >= 0.6 is 0 Å². The van der Waals surface area contributed by atoms with Crippen molar-refractivity contribution < 1.29 is 4.92 Å². The number of fused-ring (bicyclic) bond motifs is 1. The standard InChI is InChI=1S/C17H24N2O2/c1-3-4-5-6-7-8-11-18-14(2)12-15-13-16(19(20)21)9-10-17(15)18/h9-10,12-13H,3-8,11H2,1-2H3. The number of aromatic nitrogens is 1. The van der Waals surface area contributed by atoms with Crippen molar-refractivity contribution in [3.8, 4) is 0 Å². The summed E-state index contributed by atoms with van der Waals surface area (Å²) < 4.78 is 2.28. The number of benzene rings is 1. The number of hydrogen-bond donors (Lipinski definition) is 0. The maximum atomic E-state index is 10.8. The van der Waals surface area contributed by atoms with Crippen LogP contribution in [0.25, 0.3) is 10.9 Å². The van der Waals surface area contributed by atoms with Gasteiger partial charge in [-0.15, -0.1) is 0 Å². The molecule has 1 aromatic carbocycles. The van der Waals surface area contributed by atoms with E-state index in [9.17, 15) is 10.1 Å². The van der Waals surface area contributed by atoms with E-state index in [2.05, 4.69) is 18.4 Å². The van der Waals surface area contributed by atoms with Crippen molar-refractivity contribution in [2.75, 3.05) is 0 Å². The average Bonchev–Trinajstić information content (AvgIpc) is 2.77. The minimum atomic E-state index is -0.333. The largest absolute Gasteiger partial charge is 0.345 e. The first-order valence-electron chi connectivity index (χ1n) is 7.87. The molecule has 0 fully saturated rings. The minimum absolute atomic E-state index is 0.166. The summed E-state index contributed by atoms with van der Waals surface area (Å²) in [6, 6.07) is 7.18. The molecule has 1 heterocycles. The van der Waals surface area contributed by atoms with E-state index in [1.165, 1.54) is 44.2 Å². The SMILES string of the molecule is CCCCCCCCn1c(C)cc2cc([N+](=O)[O-])ccc21. The van der Waals surface area contributed by atoms with Crippen molar-refractivity contribution in [1.29, 1.82) is 0 Å². The molecular formula is C17H24N2O2. The Morgan fingerprint density at radius 1 is 1.10 bits per heavy atom. The number of aryl methyl sites for hydroxylation is 2. The van der Waals surface area contributed by atoms with Crippen LogP contribution in [0.5, 0.6) is 0 Å². The lowest BCUT2D eigenvalue weighted by Crippen LogP contribution is -2.00. The molecule has 114 valence electrons. The molecule has 1 aromatic heterocycles. The maximum Gasteiger partial charge on any atom is 0.270 e. The van der Waals surface area contributed by atoms with E-state index >= 15 is 0 Å². The van der Waals surface area contributed by atoms with Gasteiger partial charge >= 0.3 is 0 Å². The summed E-state index contributed by atoms with van der Waals surface area (Å²) in [7, 11) is 0. The van der Waals surface area contributed by atoms with Crippen LogP contribution < -0.4 is 0 Å². The molecule has 0 aliphatic carbocycles. The number of hydrogen-bond acceptors (Lipinski definition) is 2. The van der Waals surface area contributed by atoms with E-state index in [1.807, 2.05) is 12.1 Å². The van der Waals surface area contributed by atoms with E-state index in [-0.39, 0.29) is 10.6 Å². The molecule has 0 atom stereocenters. The summed E-state index contributed by atoms with van der Waals surface area (Å²) in [6.45, 7) is 5.30. The molecule has 0 spiro atoms. The van der Waals surface area contributed by atoms with Crippen molar-refractivity contribution >= 4 is 16.6 Å². The van der Waals surface area contributed by atoms with Crippen molar-refractivity contribution in [2.45, 2.75) is 58.9 Å². The highest BCUT2D eigenvalue weighted by Gasteiger charge is 2.10. The van der Waals surface area contributed by atoms with Gasteiger partial charge in [-0.3, -0.25) is 10.1 Å². The van der Waals surface area contributed by atoms with Gasteiger partial charge < -0.3 is 4.57 Å². The molecule has 0 unspecified atom stereocenters. The zero-order chi connectivity index (χ0) is 15.2. The van der Waals surface area contributed by atoms with E-state index in [0.717, 1.165) is 17.4 Å². The normalized spacial score (nSPS) is 11.1. The highest BCUT2D eigenvalue weighted by Crippen LogP contribution is 2.25. The van der Waals surface area contributed by atoms with E-state index < -0.39 is 0 Å². The Hall–Kier alpha value is -1.84. The van der Waals surface area contributed by atoms with Gasteiger partial charge in [-0.2, -0.15) is 0 Å². The average molecular weight is 288 g/mol. The molecule has 0 aliphatic rings. The van der Waals surface area contributed by atoms with Crippen LogP contribution in [0.4, 0.5) is 5.69 Å². The summed E-state index contributed by atoms with van der Waals surface area (Å²) in [5.74, 6) is 0. The third-order valence-corrected chi connectivity index (χ3v) is 4.04. The van der Waals surface area contributed by atoms with Gasteiger partial charge in [0.2, 0.25) is 0 Å². The highest BCUT2D eigenvalue weighted by atomic mass is 16.6. The van der Waals surface area contributed by atoms with Crippen molar-refractivity contribution in [3.05, 3.63) is 40.1 Å². The molecule has 2 aromatic rings. The molecule has 0 radical (unpaired) electrons. The second kappa shape index (κ2) is 7.25. The van der Waals surface area contributed by atoms with Gasteiger partial charge in [-0.25, -0.2) is 0 Å². The lowest BCUT2D eigenvalue weighted by atomic mass is 10.1. The van der Waals surface area contributed by atoms with Crippen molar-refractivity contribution in [1.82, 2.24) is 4.57 Å². The van der Waals surface area contributed by atoms with E-state index in [0.29, 0.717) is 0 Å². The predicted octanol–water partition coefficient (Wildman–Crippen LogP) is 5.22. The third-order valence-electron chi connectivity index (χ3n) is 4.04. The van der Waals surface area contributed by atoms with Gasteiger partial charge in [-0.1, -0.05) is 39.0 Å². The summed E-state index contributed by atoms with van der Waals surface area (Å²) in [4.78, 5) is 10.5. The zero-order valence-electron chi connectivity index (χ0n) is 13.0. The summed E-state index contributed by atoms with van der Waals surface area (Å²) in [5.41, 5.74) is 2.45. The summed E-state index contributed by atoms with van der Waals surface area (Å²) in [6.07, 6.45) is 7.67. The van der Waals surface area contributed by atoms with Gasteiger partial charge in [0.15, 0.2) is 0 Å². The number of unbranched alkanes of at least 4 members (excludes halogenated alkanes) is 5. The van der Waals surface area contributed by atoms with Crippen LogP contribution in [0.2, 0.25) is 0 Å². The third kappa shape index (κ3) is 3.84. The second-order valence-electron chi connectivity index (χ2n) is 5.71. The Balaban J connectivity index is 2.03. The lowest BCUT2D eigenvalue weighted by molar-refractivity contribution is -0.384. The Morgan fingerprint density at radius 2 is 1.81 bits per heavy atom. The Kier molecular flexibility index (Phi) is 5.37. The molecule has 4 heteroatoms. The van der Waals surface area contributed by atoms with Crippen LogP contribution in [-0.4, -0.2) is 9.49 Å². The van der Waals surface area contributed by atoms with E-state index in [1.54, 1.807) is 12.1 Å². The van der Waals surface area contributed by atoms with Gasteiger partial charge in [-0.05, 0) is 25.5 Å². The molecule has 21 heavy (non-hydrogen) atoms. The number of non-ortho nitro benzene ring substituents is 1. The highest BCUT2D eigenvalue weighted by molar-refractivity contribution is 5.83. The quantitative estimate of drug-likeness (QED) is 0.380. The fourth-order valence-corrected chi connectivity index (χ4v) is 2.86. The van der Waals surface area contributed by atoms with Gasteiger partial charge in [0.25, 0.3) is 5.69 Å². The van der Waals surface area contributed by atoms with Crippen molar-refractivity contribution in [3.63, 3.8) is 0 Å². The first kappa shape index (κ1) is 15.5. The van der Waals surface area contributed by atoms with Crippen LogP contribution in [0.1, 0.15) is 51.1 Å². The Labute approximate surface area is 125 Å². The fourth-order valence-electron chi connectivity index (χ4n) is 2.86. The predicted molar refractivity (Wildman–Crippen MR) is 86.7 cm³/mol. The van der Waals surface area contributed by atoms with Crippen molar-refractivity contribution in [2.24, 2.45) is 0 Å². The zero-order valence-corrected chi connectivity index (χ0v) is 13.0. The van der Waals surface area contributed by atoms with Crippen LogP contribution in [-0.2, 0) is 6.54 Å². The number of nitro benzene ring substituents is 1. The topological polar surface area (TPSA) is 48.1 Å². The van der Waals surface area contributed by atoms with Gasteiger partial charge in [0.05, 0.1) is 4.92 Å². The molecule has 0 amide bonds. The van der Waals surface area contributed by atoms with E-state index in [4.69, 9.17) is 0 Å². The smallest absolute Gasteiger partial charge is 0.270 e. The Bertz CT molecular complexity index is 617. The molecule has 0 saturated heterocycles. The fraction of sp³-hybridized carbons (Fsp3) is 0.529. The molecular weight excluding hydrogens is 264 g/mol. The molecule has 0 N–H and O–H groups in total. The number of rotatable bonds is 8. The first-order valence-corrected chi connectivity index (χ1v) is 7.87. The molecule has 0 aliphatic heterocycles. The molecule has 4 nitrogen and oxygen atoms in total. The Morgan fingerprint density at radius 3 is 2.52 bits per heavy atom. The molecule has 0 saturated carbocycles. The van der Waals surface area contributed by atoms with Crippen LogP contribution in [0, 0.1) is 17.0 Å². The van der Waals surface area contributed by atoms with Gasteiger partial charge in [0, 0.05) is 35.3 Å².